The lowest BCUT2D eigenvalue weighted by molar-refractivity contribution is -0.142. The Balaban J connectivity index is 1.61. The topological polar surface area (TPSA) is 145 Å². The lowest BCUT2D eigenvalue weighted by atomic mass is 10.0. The molecule has 1 saturated heterocycles. The molecule has 3 amide bonds. The first kappa shape index (κ1) is 34.0. The second-order valence-electron chi connectivity index (χ2n) is 11.2. The third kappa shape index (κ3) is 10.3. The van der Waals surface area contributed by atoms with Gasteiger partial charge in [-0.2, -0.15) is 4.31 Å². The van der Waals surface area contributed by atoms with Crippen molar-refractivity contribution in [3.8, 4) is 0 Å². The molecule has 0 spiro atoms. The summed E-state index contributed by atoms with van der Waals surface area (Å²) in [6, 6.07) is 13.4. The molecule has 2 aromatic rings. The predicted molar refractivity (Wildman–Crippen MR) is 163 cm³/mol. The zero-order valence-corrected chi connectivity index (χ0v) is 26.0. The maximum Gasteiger partial charge on any atom is 0.322 e. The van der Waals surface area contributed by atoms with Gasteiger partial charge in [0.05, 0.1) is 18.1 Å². The summed E-state index contributed by atoms with van der Waals surface area (Å²) in [5.41, 5.74) is 1.80. The van der Waals surface area contributed by atoms with Gasteiger partial charge in [-0.3, -0.25) is 9.59 Å². The molecule has 0 saturated carbocycles. The van der Waals surface area contributed by atoms with E-state index in [1.165, 1.54) is 12.1 Å². The summed E-state index contributed by atoms with van der Waals surface area (Å²) in [5, 5.41) is 15.7. The van der Waals surface area contributed by atoms with E-state index in [2.05, 4.69) is 10.6 Å². The summed E-state index contributed by atoms with van der Waals surface area (Å²) in [6.45, 7) is 7.64. The molecule has 3 N–H and O–H groups in total. The van der Waals surface area contributed by atoms with Crippen molar-refractivity contribution in [2.45, 2.75) is 63.4 Å². The van der Waals surface area contributed by atoms with Crippen LogP contribution in [-0.2, 0) is 30.8 Å². The molecule has 11 nitrogen and oxygen atoms in total. The number of unbranched alkanes of at least 4 members (excludes halogenated alkanes) is 1. The summed E-state index contributed by atoms with van der Waals surface area (Å²) >= 11 is 0. The van der Waals surface area contributed by atoms with E-state index in [-0.39, 0.29) is 42.3 Å². The van der Waals surface area contributed by atoms with E-state index in [0.29, 0.717) is 45.6 Å². The van der Waals surface area contributed by atoms with Crippen molar-refractivity contribution in [1.82, 2.24) is 19.8 Å². The molecule has 1 aliphatic heterocycles. The van der Waals surface area contributed by atoms with Crippen molar-refractivity contribution >= 4 is 27.9 Å². The Morgan fingerprint density at radius 2 is 1.65 bits per heavy atom. The fourth-order valence-corrected chi connectivity index (χ4v) is 6.63. The van der Waals surface area contributed by atoms with Crippen LogP contribution in [0.5, 0.6) is 0 Å². The van der Waals surface area contributed by atoms with Crippen molar-refractivity contribution in [3.05, 3.63) is 65.7 Å². The van der Waals surface area contributed by atoms with E-state index in [9.17, 15) is 27.9 Å². The van der Waals surface area contributed by atoms with Crippen LogP contribution >= 0.6 is 0 Å². The highest BCUT2D eigenvalue weighted by atomic mass is 32.2. The number of morpholine rings is 1. The van der Waals surface area contributed by atoms with Gasteiger partial charge in [0, 0.05) is 32.6 Å². The zero-order chi connectivity index (χ0) is 31.4. The van der Waals surface area contributed by atoms with Crippen LogP contribution in [0.25, 0.3) is 0 Å². The second kappa shape index (κ2) is 16.4. The van der Waals surface area contributed by atoms with Gasteiger partial charge in [0.25, 0.3) is 0 Å². The van der Waals surface area contributed by atoms with Gasteiger partial charge in [-0.15, -0.1) is 0 Å². The number of urea groups is 1. The van der Waals surface area contributed by atoms with E-state index in [1.54, 1.807) is 17.0 Å². The number of nitrogens with zero attached hydrogens (tertiary/aromatic N) is 2. The number of amides is 3. The van der Waals surface area contributed by atoms with Crippen molar-refractivity contribution in [2.75, 3.05) is 39.4 Å². The number of ether oxygens (including phenoxy) is 1. The van der Waals surface area contributed by atoms with E-state index in [0.717, 1.165) is 15.4 Å². The van der Waals surface area contributed by atoms with Crippen LogP contribution < -0.4 is 10.6 Å². The van der Waals surface area contributed by atoms with Crippen molar-refractivity contribution in [3.63, 3.8) is 0 Å². The summed E-state index contributed by atoms with van der Waals surface area (Å²) < 4.78 is 33.4. The molecule has 1 heterocycles. The number of carbonyl (C=O) groups is 3. The molecule has 1 fully saturated rings. The number of carbonyl (C=O) groups excluding carboxylic acids is 2. The number of carboxylic acids is 1. The minimum Gasteiger partial charge on any atom is -0.480 e. The first-order valence-electron chi connectivity index (χ1n) is 14.7. The van der Waals surface area contributed by atoms with Gasteiger partial charge in [0.1, 0.15) is 12.1 Å². The number of nitrogens with one attached hydrogen (secondary N) is 2. The molecule has 0 bridgehead atoms. The number of benzene rings is 2. The lowest BCUT2D eigenvalue weighted by Gasteiger charge is -2.30. The summed E-state index contributed by atoms with van der Waals surface area (Å²) in [4.78, 5) is 40.0. The Labute approximate surface area is 254 Å². The predicted octanol–water partition coefficient (Wildman–Crippen LogP) is 3.03. The highest BCUT2D eigenvalue weighted by molar-refractivity contribution is 7.89. The smallest absolute Gasteiger partial charge is 0.322 e. The number of aliphatic carboxylic acids is 1. The van der Waals surface area contributed by atoms with Crippen LogP contribution in [0, 0.1) is 12.8 Å². The van der Waals surface area contributed by atoms with Gasteiger partial charge in [0.2, 0.25) is 15.9 Å². The molecule has 2 aromatic carbocycles. The standard InChI is InChI=1S/C31H44N4O7S/c1-23(2)22-35(43(40,41)26-14-12-24(3)13-15-26)28(30(37)38)11-7-8-16-32-29(36)27(21-25-9-5-4-6-10-25)33-31(39)34-17-19-42-20-18-34/h4-6,9-10,12-15,23,27-28H,7-8,11,16-22H2,1-3H3,(H,32,36)(H,33,39)(H,37,38)/t27-,28-/m0/s1. The summed E-state index contributed by atoms with van der Waals surface area (Å²) in [5.74, 6) is -1.65. The molecule has 12 heteroatoms. The summed E-state index contributed by atoms with van der Waals surface area (Å²) in [6.07, 6.45) is 1.21. The maximum atomic E-state index is 13.5. The average molecular weight is 617 g/mol. The Morgan fingerprint density at radius 3 is 2.26 bits per heavy atom. The largest absolute Gasteiger partial charge is 0.480 e. The van der Waals surface area contributed by atoms with Gasteiger partial charge in [-0.25, -0.2) is 13.2 Å². The number of aryl methyl sites for hydroxylation is 1. The van der Waals surface area contributed by atoms with Gasteiger partial charge >= 0.3 is 12.0 Å². The molecular weight excluding hydrogens is 572 g/mol. The fourth-order valence-electron chi connectivity index (χ4n) is 4.85. The molecule has 0 aromatic heterocycles. The van der Waals surface area contributed by atoms with Gasteiger partial charge in [0.15, 0.2) is 0 Å². The first-order chi connectivity index (χ1) is 20.5. The van der Waals surface area contributed by atoms with E-state index >= 15 is 0 Å². The SMILES string of the molecule is Cc1ccc(S(=O)(=O)N(CC(C)C)[C@@H](CCCCNC(=O)[C@H](Cc2ccccc2)NC(=O)N2CCOCC2)C(=O)O)cc1. The Bertz CT molecular complexity index is 1300. The monoisotopic (exact) mass is 616 g/mol. The first-order valence-corrected chi connectivity index (χ1v) is 16.2. The number of hydrogen-bond donors (Lipinski definition) is 3. The van der Waals surface area contributed by atoms with Gasteiger partial charge in [-0.1, -0.05) is 61.9 Å². The van der Waals surface area contributed by atoms with Crippen LogP contribution in [-0.4, -0.2) is 92.1 Å². The van der Waals surface area contributed by atoms with E-state index < -0.39 is 28.1 Å². The zero-order valence-electron chi connectivity index (χ0n) is 25.2. The highest BCUT2D eigenvalue weighted by Crippen LogP contribution is 2.23. The summed E-state index contributed by atoms with van der Waals surface area (Å²) in [7, 11) is -4.04. The molecule has 1 aliphatic rings. The Hall–Kier alpha value is -3.48. The molecule has 0 aliphatic carbocycles. The Morgan fingerprint density at radius 1 is 1.00 bits per heavy atom. The lowest BCUT2D eigenvalue weighted by Crippen LogP contribution is -2.54. The van der Waals surface area contributed by atoms with Crippen LogP contribution in [0.1, 0.15) is 44.2 Å². The molecule has 2 atom stereocenters. The van der Waals surface area contributed by atoms with Crippen molar-refractivity contribution in [2.24, 2.45) is 5.92 Å². The third-order valence-corrected chi connectivity index (χ3v) is 9.09. The molecule has 236 valence electrons. The average Bonchev–Trinajstić information content (AvgIpc) is 2.98. The Kier molecular flexibility index (Phi) is 13.0. The van der Waals surface area contributed by atoms with Crippen molar-refractivity contribution in [1.29, 1.82) is 0 Å². The second-order valence-corrected chi connectivity index (χ2v) is 13.1. The van der Waals surface area contributed by atoms with Crippen LogP contribution in [0.3, 0.4) is 0 Å². The molecule has 0 radical (unpaired) electrons. The molecular formula is C31H44N4O7S. The van der Waals surface area contributed by atoms with Crippen molar-refractivity contribution < 1.29 is 32.6 Å². The number of rotatable bonds is 15. The normalized spacial score (nSPS) is 15.2. The fraction of sp³-hybridized carbons (Fsp3) is 0.516. The van der Waals surface area contributed by atoms with Crippen LogP contribution in [0.2, 0.25) is 0 Å². The van der Waals surface area contributed by atoms with Gasteiger partial charge < -0.3 is 25.4 Å². The highest BCUT2D eigenvalue weighted by Gasteiger charge is 2.36. The third-order valence-electron chi connectivity index (χ3n) is 7.20. The van der Waals surface area contributed by atoms with Crippen LogP contribution in [0.15, 0.2) is 59.5 Å². The van der Waals surface area contributed by atoms with Gasteiger partial charge in [-0.05, 0) is 49.8 Å². The molecule has 3 rings (SSSR count). The minimum atomic E-state index is -4.04. The number of hydrogen-bond acceptors (Lipinski definition) is 6. The quantitative estimate of drug-likeness (QED) is 0.261. The minimum absolute atomic E-state index is 0.0563. The van der Waals surface area contributed by atoms with E-state index in [1.807, 2.05) is 51.1 Å². The molecule has 0 unspecified atom stereocenters. The molecule has 43 heavy (non-hydrogen) atoms. The van der Waals surface area contributed by atoms with Crippen LogP contribution in [0.4, 0.5) is 4.79 Å². The maximum absolute atomic E-state index is 13.5. The number of carboxylic acid groups (broad SMARTS) is 1. The number of sulfonamides is 1. The van der Waals surface area contributed by atoms with E-state index in [4.69, 9.17) is 4.74 Å².